The van der Waals surface area contributed by atoms with Gasteiger partial charge in [-0.1, -0.05) is 24.3 Å². The Morgan fingerprint density at radius 1 is 1.39 bits per heavy atom. The summed E-state index contributed by atoms with van der Waals surface area (Å²) in [6, 6.07) is 9.11. The van der Waals surface area contributed by atoms with E-state index in [1.807, 2.05) is 0 Å². The molecule has 1 aromatic carbocycles. The molecule has 0 aromatic heterocycles. The van der Waals surface area contributed by atoms with Crippen LogP contribution in [0.25, 0.3) is 0 Å². The monoisotopic (exact) mass is 248 g/mol. The van der Waals surface area contributed by atoms with E-state index in [1.165, 1.54) is 11.1 Å². The van der Waals surface area contributed by atoms with Gasteiger partial charge in [0, 0.05) is 26.2 Å². The molecule has 0 fully saturated rings. The summed E-state index contributed by atoms with van der Waals surface area (Å²) in [7, 11) is 1.77. The lowest BCUT2D eigenvalue weighted by Gasteiger charge is -2.27. The second-order valence-electron chi connectivity index (χ2n) is 5.56. The number of rotatable bonds is 4. The van der Waals surface area contributed by atoms with E-state index in [1.54, 1.807) is 7.11 Å². The predicted molar refractivity (Wildman–Crippen MR) is 74.6 cm³/mol. The summed E-state index contributed by atoms with van der Waals surface area (Å²) in [5, 5.41) is 7.12. The number of hydrogen-bond donors (Lipinski definition) is 2. The van der Waals surface area contributed by atoms with Crippen LogP contribution in [0.3, 0.4) is 0 Å². The topological polar surface area (TPSA) is 33.3 Å². The van der Waals surface area contributed by atoms with Crippen LogP contribution >= 0.6 is 0 Å². The first kappa shape index (κ1) is 13.5. The molecule has 3 heteroatoms. The Kier molecular flexibility index (Phi) is 4.38. The molecule has 0 radical (unpaired) electrons. The normalized spacial score (nSPS) is 20.3. The molecule has 1 aromatic rings. The molecule has 1 aliphatic heterocycles. The van der Waals surface area contributed by atoms with Gasteiger partial charge in [0.25, 0.3) is 0 Å². The first-order valence-corrected chi connectivity index (χ1v) is 6.69. The standard InChI is InChI=1S/C15H24N2O/c1-15(2,18-3)11-17-14-8-9-16-10-12-6-4-5-7-13(12)14/h4-7,14,16-17H,8-11H2,1-3H3. The van der Waals surface area contributed by atoms with Crippen molar-refractivity contribution in [2.75, 3.05) is 20.2 Å². The van der Waals surface area contributed by atoms with Crippen molar-refractivity contribution in [3.05, 3.63) is 35.4 Å². The number of methoxy groups -OCH3 is 1. The van der Waals surface area contributed by atoms with Gasteiger partial charge in [0.05, 0.1) is 5.60 Å². The molecule has 1 atom stereocenters. The van der Waals surface area contributed by atoms with Crippen LogP contribution in [-0.4, -0.2) is 25.8 Å². The van der Waals surface area contributed by atoms with Gasteiger partial charge in [0.1, 0.15) is 0 Å². The maximum absolute atomic E-state index is 5.47. The summed E-state index contributed by atoms with van der Waals surface area (Å²) in [4.78, 5) is 0. The summed E-state index contributed by atoms with van der Waals surface area (Å²) in [5.74, 6) is 0. The van der Waals surface area contributed by atoms with Crippen molar-refractivity contribution < 1.29 is 4.74 Å². The molecule has 1 heterocycles. The fraction of sp³-hybridized carbons (Fsp3) is 0.600. The molecule has 0 saturated carbocycles. The molecule has 3 nitrogen and oxygen atoms in total. The third-order valence-corrected chi connectivity index (χ3v) is 3.68. The first-order chi connectivity index (χ1) is 8.62. The minimum atomic E-state index is -0.116. The number of hydrogen-bond acceptors (Lipinski definition) is 3. The van der Waals surface area contributed by atoms with E-state index in [9.17, 15) is 0 Å². The molecule has 100 valence electrons. The van der Waals surface area contributed by atoms with Gasteiger partial charge >= 0.3 is 0 Å². The van der Waals surface area contributed by atoms with Crippen molar-refractivity contribution in [3.63, 3.8) is 0 Å². The molecule has 0 saturated heterocycles. The summed E-state index contributed by atoms with van der Waals surface area (Å²) in [6.07, 6.45) is 1.12. The van der Waals surface area contributed by atoms with Crippen molar-refractivity contribution >= 4 is 0 Å². The first-order valence-electron chi connectivity index (χ1n) is 6.69. The van der Waals surface area contributed by atoms with Crippen LogP contribution < -0.4 is 10.6 Å². The number of ether oxygens (including phenoxy) is 1. The minimum Gasteiger partial charge on any atom is -0.377 e. The summed E-state index contributed by atoms with van der Waals surface area (Å²) >= 11 is 0. The lowest BCUT2D eigenvalue weighted by atomic mass is 9.98. The molecule has 0 amide bonds. The lowest BCUT2D eigenvalue weighted by Crippen LogP contribution is -2.38. The third-order valence-electron chi connectivity index (χ3n) is 3.68. The van der Waals surface area contributed by atoms with E-state index in [2.05, 4.69) is 48.7 Å². The van der Waals surface area contributed by atoms with Crippen LogP contribution in [0.1, 0.15) is 37.4 Å². The number of fused-ring (bicyclic) bond motifs is 1. The highest BCUT2D eigenvalue weighted by Crippen LogP contribution is 2.24. The number of benzene rings is 1. The molecule has 0 bridgehead atoms. The van der Waals surface area contributed by atoms with Gasteiger partial charge in [0.2, 0.25) is 0 Å². The van der Waals surface area contributed by atoms with Gasteiger partial charge in [-0.25, -0.2) is 0 Å². The van der Waals surface area contributed by atoms with Crippen molar-refractivity contribution in [2.24, 2.45) is 0 Å². The fourth-order valence-corrected chi connectivity index (χ4v) is 2.31. The molecule has 0 spiro atoms. The fourth-order valence-electron chi connectivity index (χ4n) is 2.31. The van der Waals surface area contributed by atoms with Crippen molar-refractivity contribution in [3.8, 4) is 0 Å². The number of nitrogens with one attached hydrogen (secondary N) is 2. The van der Waals surface area contributed by atoms with Gasteiger partial charge in [-0.2, -0.15) is 0 Å². The van der Waals surface area contributed by atoms with Crippen molar-refractivity contribution in [1.82, 2.24) is 10.6 Å². The Hall–Kier alpha value is -0.900. The Morgan fingerprint density at radius 3 is 2.94 bits per heavy atom. The van der Waals surface area contributed by atoms with Crippen LogP contribution in [0.2, 0.25) is 0 Å². The zero-order chi connectivity index (χ0) is 13.0. The van der Waals surface area contributed by atoms with Crippen molar-refractivity contribution in [1.29, 1.82) is 0 Å². The molecule has 0 aliphatic carbocycles. The van der Waals surface area contributed by atoms with Gasteiger partial charge in [-0.15, -0.1) is 0 Å². The maximum atomic E-state index is 5.47. The highest BCUT2D eigenvalue weighted by molar-refractivity contribution is 5.31. The van der Waals surface area contributed by atoms with Gasteiger partial charge < -0.3 is 15.4 Å². The zero-order valence-electron chi connectivity index (χ0n) is 11.6. The molecular weight excluding hydrogens is 224 g/mol. The summed E-state index contributed by atoms with van der Waals surface area (Å²) in [5.41, 5.74) is 2.71. The smallest absolute Gasteiger partial charge is 0.0746 e. The van der Waals surface area contributed by atoms with Crippen LogP contribution in [0.5, 0.6) is 0 Å². The Bertz CT molecular complexity index is 390. The minimum absolute atomic E-state index is 0.116. The van der Waals surface area contributed by atoms with E-state index >= 15 is 0 Å². The van der Waals surface area contributed by atoms with E-state index in [4.69, 9.17) is 4.74 Å². The molecule has 1 aliphatic rings. The highest BCUT2D eigenvalue weighted by atomic mass is 16.5. The average molecular weight is 248 g/mol. The molecule has 2 N–H and O–H groups in total. The summed E-state index contributed by atoms with van der Waals surface area (Å²) in [6.45, 7) is 7.12. The highest BCUT2D eigenvalue weighted by Gasteiger charge is 2.22. The lowest BCUT2D eigenvalue weighted by molar-refractivity contribution is 0.0208. The third kappa shape index (κ3) is 3.31. The van der Waals surface area contributed by atoms with Crippen LogP contribution in [0.4, 0.5) is 0 Å². The van der Waals surface area contributed by atoms with Crippen LogP contribution in [-0.2, 0) is 11.3 Å². The Labute approximate surface area is 110 Å². The molecular formula is C15H24N2O. The van der Waals surface area contributed by atoms with Gasteiger partial charge in [0.15, 0.2) is 0 Å². The van der Waals surface area contributed by atoms with Crippen LogP contribution in [0, 0.1) is 0 Å². The summed E-state index contributed by atoms with van der Waals surface area (Å²) < 4.78 is 5.47. The Balaban J connectivity index is 2.08. The predicted octanol–water partition coefficient (Wildman–Crippen LogP) is 2.24. The zero-order valence-corrected chi connectivity index (χ0v) is 11.6. The van der Waals surface area contributed by atoms with E-state index in [0.717, 1.165) is 26.1 Å². The van der Waals surface area contributed by atoms with Crippen molar-refractivity contribution in [2.45, 2.75) is 38.5 Å². The second-order valence-corrected chi connectivity index (χ2v) is 5.56. The van der Waals surface area contributed by atoms with Gasteiger partial charge in [-0.05, 0) is 37.9 Å². The average Bonchev–Trinajstić information content (AvgIpc) is 2.59. The van der Waals surface area contributed by atoms with E-state index < -0.39 is 0 Å². The molecule has 18 heavy (non-hydrogen) atoms. The van der Waals surface area contributed by atoms with E-state index in [0.29, 0.717) is 6.04 Å². The SMILES string of the molecule is COC(C)(C)CNC1CCNCc2ccccc21. The largest absolute Gasteiger partial charge is 0.377 e. The maximum Gasteiger partial charge on any atom is 0.0746 e. The second kappa shape index (κ2) is 5.83. The molecule has 1 unspecified atom stereocenters. The molecule has 2 rings (SSSR count). The Morgan fingerprint density at radius 2 is 2.17 bits per heavy atom. The van der Waals surface area contributed by atoms with E-state index in [-0.39, 0.29) is 5.60 Å². The van der Waals surface area contributed by atoms with Crippen LogP contribution in [0.15, 0.2) is 24.3 Å². The quantitative estimate of drug-likeness (QED) is 0.857. The van der Waals surface area contributed by atoms with Gasteiger partial charge in [-0.3, -0.25) is 0 Å².